The Hall–Kier alpha value is -0.450. The Bertz CT molecular complexity index is 397. The number of nitrogens with zero attached hydrogens (tertiary/aromatic N) is 3. The van der Waals surface area contributed by atoms with E-state index in [4.69, 9.17) is 0 Å². The normalized spacial score (nSPS) is 52.1. The number of piperidine rings is 3. The number of carbonyl (C=O) groups excluding carboxylic acids is 1. The minimum atomic E-state index is -0.111. The number of hydrogen-bond acceptors (Lipinski definition) is 4. The molecule has 5 rings (SSSR count). The molecule has 0 unspecified atom stereocenters. The summed E-state index contributed by atoms with van der Waals surface area (Å²) >= 11 is 0. The zero-order valence-electron chi connectivity index (χ0n) is 12.4. The van der Waals surface area contributed by atoms with Crippen molar-refractivity contribution in [3.05, 3.63) is 0 Å². The third-order valence-electron chi connectivity index (χ3n) is 6.22. The zero-order chi connectivity index (χ0) is 13.5. The van der Waals surface area contributed by atoms with Gasteiger partial charge in [-0.15, -0.1) is 0 Å². The first-order valence-corrected chi connectivity index (χ1v) is 7.62. The highest BCUT2D eigenvalue weighted by Crippen LogP contribution is 2.53. The maximum Gasteiger partial charge on any atom is 0.149 e. The van der Waals surface area contributed by atoms with Gasteiger partial charge in [-0.25, -0.2) is 0 Å². The van der Waals surface area contributed by atoms with Gasteiger partial charge in [-0.1, -0.05) is 13.8 Å². The smallest absolute Gasteiger partial charge is 0.149 e. The summed E-state index contributed by atoms with van der Waals surface area (Å²) in [7, 11) is 2.22. The van der Waals surface area contributed by atoms with Crippen LogP contribution in [-0.4, -0.2) is 72.5 Å². The van der Waals surface area contributed by atoms with Crippen LogP contribution >= 0.6 is 0 Å². The van der Waals surface area contributed by atoms with E-state index < -0.39 is 0 Å². The Balaban J connectivity index is 1.72. The lowest BCUT2D eigenvalue weighted by Crippen LogP contribution is -2.83. The van der Waals surface area contributed by atoms with Crippen LogP contribution in [0.15, 0.2) is 0 Å². The summed E-state index contributed by atoms with van der Waals surface area (Å²) in [5.41, 5.74) is 0.0475. The van der Waals surface area contributed by atoms with Gasteiger partial charge in [-0.05, 0) is 19.9 Å². The highest BCUT2D eigenvalue weighted by molar-refractivity contribution is 5.92. The summed E-state index contributed by atoms with van der Waals surface area (Å²) in [5.74, 6) is 0.523. The van der Waals surface area contributed by atoms with E-state index >= 15 is 0 Å². The molecule has 106 valence electrons. The topological polar surface area (TPSA) is 26.8 Å². The summed E-state index contributed by atoms with van der Waals surface area (Å²) in [5, 5.41) is 0. The third kappa shape index (κ3) is 1.38. The second-order valence-electron chi connectivity index (χ2n) is 7.95. The summed E-state index contributed by atoms with van der Waals surface area (Å²) in [4.78, 5) is 20.4. The van der Waals surface area contributed by atoms with E-state index in [1.54, 1.807) is 0 Å². The van der Waals surface area contributed by atoms with E-state index in [1.807, 2.05) is 0 Å². The van der Waals surface area contributed by atoms with Crippen LogP contribution in [0.5, 0.6) is 0 Å². The summed E-state index contributed by atoms with van der Waals surface area (Å²) < 4.78 is 0. The predicted octanol–water partition coefficient (Wildman–Crippen LogP) is 0.635. The monoisotopic (exact) mass is 263 g/mol. The van der Waals surface area contributed by atoms with Crippen LogP contribution in [0.25, 0.3) is 0 Å². The third-order valence-corrected chi connectivity index (χ3v) is 6.22. The van der Waals surface area contributed by atoms with Gasteiger partial charge in [0.25, 0.3) is 0 Å². The van der Waals surface area contributed by atoms with Crippen LogP contribution < -0.4 is 0 Å². The first-order valence-electron chi connectivity index (χ1n) is 7.62. The maximum absolute atomic E-state index is 12.7. The Kier molecular flexibility index (Phi) is 2.21. The highest BCUT2D eigenvalue weighted by Gasteiger charge is 2.66. The SMILES string of the molecule is CN1CCC2(CC1)N1CC3(C)CN2CC(C)(C1)C3=O. The molecule has 0 aromatic carbocycles. The number of ketones is 1. The van der Waals surface area contributed by atoms with Gasteiger partial charge in [-0.3, -0.25) is 14.6 Å². The molecule has 5 fully saturated rings. The van der Waals surface area contributed by atoms with E-state index in [0.29, 0.717) is 5.78 Å². The largest absolute Gasteiger partial charge is 0.306 e. The second kappa shape index (κ2) is 3.41. The first kappa shape index (κ1) is 12.3. The van der Waals surface area contributed by atoms with Gasteiger partial charge < -0.3 is 4.90 Å². The Morgan fingerprint density at radius 2 is 1.32 bits per heavy atom. The van der Waals surface area contributed by atoms with Crippen LogP contribution in [-0.2, 0) is 4.79 Å². The van der Waals surface area contributed by atoms with Gasteiger partial charge in [0.1, 0.15) is 5.78 Å². The molecule has 4 heteroatoms. The summed E-state index contributed by atoms with van der Waals surface area (Å²) in [6, 6.07) is 0. The molecule has 5 aliphatic rings. The highest BCUT2D eigenvalue weighted by atomic mass is 16.1. The van der Waals surface area contributed by atoms with E-state index in [-0.39, 0.29) is 16.5 Å². The van der Waals surface area contributed by atoms with Crippen molar-refractivity contribution in [1.82, 2.24) is 14.7 Å². The Labute approximate surface area is 115 Å². The minimum absolute atomic E-state index is 0.111. The van der Waals surface area contributed by atoms with E-state index in [0.717, 1.165) is 26.2 Å². The number of Topliss-reactive ketones (excluding diaryl/α,β-unsaturated/α-hetero) is 1. The molecular weight excluding hydrogens is 238 g/mol. The zero-order valence-corrected chi connectivity index (χ0v) is 12.4. The fourth-order valence-corrected chi connectivity index (χ4v) is 5.31. The van der Waals surface area contributed by atoms with Crippen LogP contribution in [0.1, 0.15) is 26.7 Å². The molecule has 0 atom stereocenters. The molecule has 0 amide bonds. The average molecular weight is 263 g/mol. The Morgan fingerprint density at radius 3 is 1.74 bits per heavy atom. The summed E-state index contributed by atoms with van der Waals surface area (Å²) in [6.45, 7) is 10.7. The standard InChI is InChI=1S/C15H25N3O/c1-13-8-17-10-14(2,12(13)19)11-18(9-13)15(17)4-6-16(3)7-5-15/h4-11H2,1-3H3. The van der Waals surface area contributed by atoms with Gasteiger partial charge in [0, 0.05) is 39.3 Å². The van der Waals surface area contributed by atoms with Crippen LogP contribution in [0.4, 0.5) is 0 Å². The average Bonchev–Trinajstić information content (AvgIpc) is 2.33. The number of carbonyl (C=O) groups is 1. The lowest BCUT2D eigenvalue weighted by atomic mass is 9.59. The minimum Gasteiger partial charge on any atom is -0.306 e. The predicted molar refractivity (Wildman–Crippen MR) is 73.8 cm³/mol. The van der Waals surface area contributed by atoms with Crippen LogP contribution in [0.3, 0.4) is 0 Å². The maximum atomic E-state index is 12.7. The molecule has 5 saturated heterocycles. The van der Waals surface area contributed by atoms with Crippen molar-refractivity contribution < 1.29 is 4.79 Å². The van der Waals surface area contributed by atoms with E-state index in [2.05, 4.69) is 35.6 Å². The van der Waals surface area contributed by atoms with Gasteiger partial charge in [0.05, 0.1) is 16.5 Å². The molecule has 0 aliphatic carbocycles. The molecule has 19 heavy (non-hydrogen) atoms. The van der Waals surface area contributed by atoms with Gasteiger partial charge in [-0.2, -0.15) is 0 Å². The van der Waals surface area contributed by atoms with Crippen molar-refractivity contribution in [2.24, 2.45) is 10.8 Å². The molecule has 5 aliphatic heterocycles. The fourth-order valence-electron chi connectivity index (χ4n) is 5.31. The van der Waals surface area contributed by atoms with E-state index in [1.165, 1.54) is 25.9 Å². The van der Waals surface area contributed by atoms with Crippen molar-refractivity contribution in [1.29, 1.82) is 0 Å². The van der Waals surface area contributed by atoms with Crippen molar-refractivity contribution in [3.8, 4) is 0 Å². The van der Waals surface area contributed by atoms with Crippen molar-refractivity contribution in [2.75, 3.05) is 46.3 Å². The van der Waals surface area contributed by atoms with Crippen LogP contribution in [0, 0.1) is 10.8 Å². The van der Waals surface area contributed by atoms with Crippen LogP contribution in [0.2, 0.25) is 0 Å². The molecule has 4 nitrogen and oxygen atoms in total. The number of rotatable bonds is 0. The molecule has 1 spiro atoms. The van der Waals surface area contributed by atoms with Crippen molar-refractivity contribution in [3.63, 3.8) is 0 Å². The molecule has 0 saturated carbocycles. The molecule has 0 N–H and O–H groups in total. The van der Waals surface area contributed by atoms with Gasteiger partial charge in [0.2, 0.25) is 0 Å². The molecule has 0 aromatic rings. The first-order chi connectivity index (χ1) is 8.88. The Morgan fingerprint density at radius 1 is 0.895 bits per heavy atom. The van der Waals surface area contributed by atoms with Crippen molar-refractivity contribution in [2.45, 2.75) is 32.4 Å². The van der Waals surface area contributed by atoms with Gasteiger partial charge >= 0.3 is 0 Å². The molecule has 0 aromatic heterocycles. The quantitative estimate of drug-likeness (QED) is 0.641. The number of hydrogen-bond donors (Lipinski definition) is 0. The van der Waals surface area contributed by atoms with Gasteiger partial charge in [0.15, 0.2) is 0 Å². The molecular formula is C15H25N3O. The number of likely N-dealkylation sites (tertiary alicyclic amines) is 1. The fraction of sp³-hybridized carbons (Fsp3) is 0.933. The molecule has 5 heterocycles. The van der Waals surface area contributed by atoms with E-state index in [9.17, 15) is 4.79 Å². The summed E-state index contributed by atoms with van der Waals surface area (Å²) in [6.07, 6.45) is 2.48. The molecule has 0 radical (unpaired) electrons. The second-order valence-corrected chi connectivity index (χ2v) is 7.95. The lowest BCUT2D eigenvalue weighted by molar-refractivity contribution is -0.239. The molecule has 4 bridgehead atoms. The van der Waals surface area contributed by atoms with Crippen molar-refractivity contribution >= 4 is 5.78 Å². The lowest BCUT2D eigenvalue weighted by Gasteiger charge is -2.71.